The highest BCUT2D eigenvalue weighted by Crippen LogP contribution is 2.32. The highest BCUT2D eigenvalue weighted by atomic mass is 32.1. The molecule has 31 heavy (non-hydrogen) atoms. The van der Waals surface area contributed by atoms with Crippen LogP contribution < -0.4 is 25.0 Å². The van der Waals surface area contributed by atoms with Crippen LogP contribution in [0.3, 0.4) is 0 Å². The molecule has 158 valence electrons. The minimum absolute atomic E-state index is 0.266. The van der Waals surface area contributed by atoms with Gasteiger partial charge in [0, 0.05) is 31.4 Å². The van der Waals surface area contributed by atoms with Gasteiger partial charge in [0.15, 0.2) is 16.6 Å². The molecule has 0 radical (unpaired) electrons. The number of hydrogen-bond acceptors (Lipinski definition) is 6. The Morgan fingerprint density at radius 2 is 1.90 bits per heavy atom. The fourth-order valence-electron chi connectivity index (χ4n) is 3.84. The van der Waals surface area contributed by atoms with Crippen molar-refractivity contribution in [2.24, 2.45) is 0 Å². The third-order valence-electron chi connectivity index (χ3n) is 5.41. The van der Waals surface area contributed by atoms with E-state index in [1.807, 2.05) is 31.2 Å². The van der Waals surface area contributed by atoms with Gasteiger partial charge in [-0.2, -0.15) is 4.98 Å². The number of aryl methyl sites for hydroxylation is 1. The first kappa shape index (κ1) is 19.6. The van der Waals surface area contributed by atoms with Crippen LogP contribution in [0.1, 0.15) is 22.4 Å². The zero-order chi connectivity index (χ0) is 21.2. The summed E-state index contributed by atoms with van der Waals surface area (Å²) in [5, 5.41) is 6.79. The summed E-state index contributed by atoms with van der Waals surface area (Å²) < 4.78 is 10.8. The number of fused-ring (bicyclic) bond motifs is 2. The van der Waals surface area contributed by atoms with Gasteiger partial charge >= 0.3 is 0 Å². The Bertz CT molecular complexity index is 1140. The van der Waals surface area contributed by atoms with Crippen molar-refractivity contribution in [3.8, 4) is 11.5 Å². The van der Waals surface area contributed by atoms with Crippen molar-refractivity contribution in [3.63, 3.8) is 0 Å². The molecule has 2 aliphatic heterocycles. The van der Waals surface area contributed by atoms with E-state index in [2.05, 4.69) is 44.8 Å². The first-order chi connectivity index (χ1) is 15.1. The zero-order valence-electron chi connectivity index (χ0n) is 17.2. The lowest BCUT2D eigenvalue weighted by Gasteiger charge is -2.30. The van der Waals surface area contributed by atoms with E-state index in [-0.39, 0.29) is 6.79 Å². The molecule has 2 aromatic carbocycles. The van der Waals surface area contributed by atoms with Gasteiger partial charge in [-0.15, -0.1) is 0 Å². The van der Waals surface area contributed by atoms with Crippen molar-refractivity contribution in [2.45, 2.75) is 26.4 Å². The number of hydrogen-bond donors (Lipinski definition) is 2. The van der Waals surface area contributed by atoms with Gasteiger partial charge in [-0.1, -0.05) is 30.3 Å². The largest absolute Gasteiger partial charge is 0.454 e. The molecule has 3 heterocycles. The van der Waals surface area contributed by atoms with Crippen LogP contribution in [-0.2, 0) is 19.5 Å². The van der Waals surface area contributed by atoms with Gasteiger partial charge in [0.2, 0.25) is 12.7 Å². The molecule has 0 saturated carbocycles. The fourth-order valence-corrected chi connectivity index (χ4v) is 4.00. The lowest BCUT2D eigenvalue weighted by Crippen LogP contribution is -2.32. The van der Waals surface area contributed by atoms with Gasteiger partial charge in [-0.25, -0.2) is 4.98 Å². The molecule has 0 saturated heterocycles. The Morgan fingerprint density at radius 1 is 1.06 bits per heavy atom. The molecule has 0 aliphatic carbocycles. The number of thiocarbonyl (C=S) groups is 1. The van der Waals surface area contributed by atoms with Gasteiger partial charge < -0.3 is 25.0 Å². The van der Waals surface area contributed by atoms with E-state index in [0.29, 0.717) is 17.6 Å². The highest BCUT2D eigenvalue weighted by Gasteiger charge is 2.18. The molecular weight excluding hydrogens is 410 g/mol. The maximum absolute atomic E-state index is 5.46. The first-order valence-electron chi connectivity index (χ1n) is 10.2. The smallest absolute Gasteiger partial charge is 0.231 e. The molecule has 2 N–H and O–H groups in total. The number of benzene rings is 2. The zero-order valence-corrected chi connectivity index (χ0v) is 18.0. The predicted octanol–water partition coefficient (Wildman–Crippen LogP) is 3.56. The van der Waals surface area contributed by atoms with Crippen LogP contribution in [0.2, 0.25) is 0 Å². The highest BCUT2D eigenvalue weighted by molar-refractivity contribution is 7.80. The van der Waals surface area contributed by atoms with Crippen molar-refractivity contribution < 1.29 is 9.47 Å². The molecule has 0 atom stereocenters. The minimum atomic E-state index is 0.266. The van der Waals surface area contributed by atoms with Crippen LogP contribution in [0.15, 0.2) is 48.5 Å². The predicted molar refractivity (Wildman–Crippen MR) is 124 cm³/mol. The summed E-state index contributed by atoms with van der Waals surface area (Å²) in [5.74, 6) is 2.93. The standard InChI is InChI=1S/C23H23N5O2S/c1-15-10-21(28-9-8-17-4-2-3-5-18(17)13-28)26-22(25-15)27-23(31)24-12-16-6-7-19-20(11-16)30-14-29-19/h2-7,10-11H,8-9,12-14H2,1H3,(H2,24,25,26,27,31). The SMILES string of the molecule is Cc1cc(N2CCc3ccccc3C2)nc(NC(=S)NCc2ccc3c(c2)OCO3)n1. The number of ether oxygens (including phenoxy) is 2. The topological polar surface area (TPSA) is 71.5 Å². The molecule has 0 spiro atoms. The molecule has 0 amide bonds. The number of aromatic nitrogens is 2. The van der Waals surface area contributed by atoms with Crippen molar-refractivity contribution in [1.82, 2.24) is 15.3 Å². The van der Waals surface area contributed by atoms with E-state index < -0.39 is 0 Å². The lowest BCUT2D eigenvalue weighted by molar-refractivity contribution is 0.174. The number of anilines is 2. The second-order valence-electron chi connectivity index (χ2n) is 7.63. The molecule has 7 nitrogen and oxygen atoms in total. The summed E-state index contributed by atoms with van der Waals surface area (Å²) in [4.78, 5) is 11.5. The van der Waals surface area contributed by atoms with Gasteiger partial charge in [-0.05, 0) is 54.4 Å². The van der Waals surface area contributed by atoms with Crippen molar-refractivity contribution in [2.75, 3.05) is 23.6 Å². The van der Waals surface area contributed by atoms with E-state index in [1.54, 1.807) is 0 Å². The molecule has 3 aromatic rings. The Balaban J connectivity index is 1.23. The van der Waals surface area contributed by atoms with Crippen LogP contribution in [0.4, 0.5) is 11.8 Å². The third-order valence-corrected chi connectivity index (χ3v) is 5.66. The van der Waals surface area contributed by atoms with Crippen molar-refractivity contribution in [3.05, 3.63) is 70.9 Å². The molecular formula is C23H23N5O2S. The van der Waals surface area contributed by atoms with Crippen molar-refractivity contribution in [1.29, 1.82) is 0 Å². The molecule has 0 unspecified atom stereocenters. The molecule has 0 fully saturated rings. The van der Waals surface area contributed by atoms with Crippen LogP contribution in [0.25, 0.3) is 0 Å². The first-order valence-corrected chi connectivity index (χ1v) is 10.7. The summed E-state index contributed by atoms with van der Waals surface area (Å²) in [5.41, 5.74) is 4.70. The second-order valence-corrected chi connectivity index (χ2v) is 8.03. The van der Waals surface area contributed by atoms with Gasteiger partial charge in [0.05, 0.1) is 0 Å². The fraction of sp³-hybridized carbons (Fsp3) is 0.261. The molecule has 1 aromatic heterocycles. The molecule has 2 aliphatic rings. The van der Waals surface area contributed by atoms with E-state index >= 15 is 0 Å². The maximum atomic E-state index is 5.46. The van der Waals surface area contributed by atoms with E-state index in [4.69, 9.17) is 26.7 Å². The summed E-state index contributed by atoms with van der Waals surface area (Å²) in [7, 11) is 0. The minimum Gasteiger partial charge on any atom is -0.454 e. The van der Waals surface area contributed by atoms with E-state index in [1.165, 1.54) is 11.1 Å². The van der Waals surface area contributed by atoms with E-state index in [9.17, 15) is 0 Å². The number of nitrogens with one attached hydrogen (secondary N) is 2. The Hall–Kier alpha value is -3.39. The summed E-state index contributed by atoms with van der Waals surface area (Å²) >= 11 is 5.46. The average molecular weight is 434 g/mol. The van der Waals surface area contributed by atoms with Crippen LogP contribution in [0.5, 0.6) is 11.5 Å². The monoisotopic (exact) mass is 433 g/mol. The van der Waals surface area contributed by atoms with Gasteiger partial charge in [-0.3, -0.25) is 0 Å². The summed E-state index contributed by atoms with van der Waals surface area (Å²) in [6, 6.07) is 16.4. The quantitative estimate of drug-likeness (QED) is 0.605. The van der Waals surface area contributed by atoms with Crippen LogP contribution in [0, 0.1) is 6.92 Å². The van der Waals surface area contributed by atoms with Gasteiger partial charge in [0.1, 0.15) is 5.82 Å². The van der Waals surface area contributed by atoms with Crippen molar-refractivity contribution >= 4 is 29.1 Å². The van der Waals surface area contributed by atoms with E-state index in [0.717, 1.165) is 48.1 Å². The Morgan fingerprint density at radius 3 is 2.81 bits per heavy atom. The second kappa shape index (κ2) is 8.39. The summed E-state index contributed by atoms with van der Waals surface area (Å²) in [6.45, 7) is 4.57. The Labute approximate surface area is 186 Å². The number of nitrogens with zero attached hydrogens (tertiary/aromatic N) is 3. The number of rotatable bonds is 4. The van der Waals surface area contributed by atoms with Gasteiger partial charge in [0.25, 0.3) is 0 Å². The normalized spacial score (nSPS) is 14.2. The molecule has 5 rings (SSSR count). The summed E-state index contributed by atoms with van der Waals surface area (Å²) in [6.07, 6.45) is 1.01. The lowest BCUT2D eigenvalue weighted by atomic mass is 10.00. The van der Waals surface area contributed by atoms with Crippen LogP contribution >= 0.6 is 12.2 Å². The molecule has 8 heteroatoms. The third kappa shape index (κ3) is 4.39. The van der Waals surface area contributed by atoms with Crippen LogP contribution in [-0.4, -0.2) is 28.4 Å². The molecule has 0 bridgehead atoms. The Kier molecular flexibility index (Phi) is 5.30. The maximum Gasteiger partial charge on any atom is 0.231 e. The average Bonchev–Trinajstić information content (AvgIpc) is 3.25.